The van der Waals surface area contributed by atoms with Crippen LogP contribution in [0.3, 0.4) is 0 Å². The SMILES string of the molecule is CCCn1c(=O)c2[nH]c(C(C)C(C)c3ccccc3)nc2n(CCC)c1=O. The molecule has 144 valence electrons. The van der Waals surface area contributed by atoms with E-state index in [0.29, 0.717) is 24.3 Å². The Balaban J connectivity index is 2.14. The molecule has 3 aromatic rings. The lowest BCUT2D eigenvalue weighted by Gasteiger charge is -2.18. The highest BCUT2D eigenvalue weighted by Crippen LogP contribution is 2.31. The second kappa shape index (κ2) is 7.94. The summed E-state index contributed by atoms with van der Waals surface area (Å²) < 4.78 is 2.96. The Bertz CT molecular complexity index is 1030. The number of imidazole rings is 1. The summed E-state index contributed by atoms with van der Waals surface area (Å²) in [5, 5.41) is 0. The Morgan fingerprint density at radius 3 is 2.22 bits per heavy atom. The lowest BCUT2D eigenvalue weighted by atomic mass is 9.88. The number of nitrogens with zero attached hydrogens (tertiary/aromatic N) is 3. The van der Waals surface area contributed by atoms with Crippen molar-refractivity contribution < 1.29 is 0 Å². The molecular formula is C21H28N4O2. The molecule has 6 heteroatoms. The zero-order valence-electron chi connectivity index (χ0n) is 16.5. The second-order valence-electron chi connectivity index (χ2n) is 7.20. The lowest BCUT2D eigenvalue weighted by Crippen LogP contribution is -2.40. The van der Waals surface area contributed by atoms with Gasteiger partial charge in [-0.3, -0.25) is 13.9 Å². The number of hydrogen-bond acceptors (Lipinski definition) is 3. The molecule has 2 aromatic heterocycles. The van der Waals surface area contributed by atoms with Crippen LogP contribution in [0.5, 0.6) is 0 Å². The van der Waals surface area contributed by atoms with E-state index >= 15 is 0 Å². The van der Waals surface area contributed by atoms with Gasteiger partial charge in [0.05, 0.1) is 0 Å². The van der Waals surface area contributed by atoms with Gasteiger partial charge in [-0.05, 0) is 24.3 Å². The zero-order valence-corrected chi connectivity index (χ0v) is 16.5. The summed E-state index contributed by atoms with van der Waals surface area (Å²) in [5.74, 6) is 1.07. The maximum atomic E-state index is 12.8. The quantitative estimate of drug-likeness (QED) is 0.692. The van der Waals surface area contributed by atoms with Crippen molar-refractivity contribution in [2.45, 2.75) is 65.5 Å². The molecule has 0 spiro atoms. The Morgan fingerprint density at radius 2 is 1.59 bits per heavy atom. The first-order chi connectivity index (χ1) is 13.0. The average Bonchev–Trinajstić information content (AvgIpc) is 3.13. The molecule has 6 nitrogen and oxygen atoms in total. The van der Waals surface area contributed by atoms with Gasteiger partial charge >= 0.3 is 5.69 Å². The van der Waals surface area contributed by atoms with E-state index in [1.807, 2.05) is 32.0 Å². The zero-order chi connectivity index (χ0) is 19.6. The minimum absolute atomic E-state index is 0.0870. The van der Waals surface area contributed by atoms with E-state index < -0.39 is 0 Å². The lowest BCUT2D eigenvalue weighted by molar-refractivity contribution is 0.555. The van der Waals surface area contributed by atoms with Crippen LogP contribution in [-0.2, 0) is 13.1 Å². The van der Waals surface area contributed by atoms with Gasteiger partial charge in [-0.25, -0.2) is 9.78 Å². The summed E-state index contributed by atoms with van der Waals surface area (Å²) in [7, 11) is 0. The van der Waals surface area contributed by atoms with Gasteiger partial charge in [0.15, 0.2) is 5.65 Å². The molecule has 1 N–H and O–H groups in total. The van der Waals surface area contributed by atoms with E-state index in [1.54, 1.807) is 4.57 Å². The van der Waals surface area contributed by atoms with Gasteiger partial charge in [0, 0.05) is 19.0 Å². The van der Waals surface area contributed by atoms with Crippen LogP contribution in [0, 0.1) is 0 Å². The maximum absolute atomic E-state index is 12.8. The highest BCUT2D eigenvalue weighted by Gasteiger charge is 2.23. The third-order valence-electron chi connectivity index (χ3n) is 5.28. The predicted molar refractivity (Wildman–Crippen MR) is 108 cm³/mol. The van der Waals surface area contributed by atoms with Crippen LogP contribution in [-0.4, -0.2) is 19.1 Å². The molecule has 1 aromatic carbocycles. The van der Waals surface area contributed by atoms with Crippen LogP contribution in [0.25, 0.3) is 11.2 Å². The number of aromatic nitrogens is 4. The molecule has 0 amide bonds. The second-order valence-corrected chi connectivity index (χ2v) is 7.20. The molecule has 3 rings (SSSR count). The van der Waals surface area contributed by atoms with Gasteiger partial charge in [-0.15, -0.1) is 0 Å². The number of aromatic amines is 1. The number of fused-ring (bicyclic) bond motifs is 1. The molecule has 27 heavy (non-hydrogen) atoms. The van der Waals surface area contributed by atoms with Gasteiger partial charge in [0.25, 0.3) is 5.56 Å². The van der Waals surface area contributed by atoms with Crippen molar-refractivity contribution in [2.75, 3.05) is 0 Å². The normalized spacial score (nSPS) is 13.8. The first kappa shape index (κ1) is 19.1. The fourth-order valence-corrected chi connectivity index (χ4v) is 3.53. The molecule has 0 saturated carbocycles. The molecule has 2 atom stereocenters. The highest BCUT2D eigenvalue weighted by molar-refractivity contribution is 5.70. The van der Waals surface area contributed by atoms with Gasteiger partial charge in [0.1, 0.15) is 11.3 Å². The minimum Gasteiger partial charge on any atom is -0.336 e. The number of H-pyrrole nitrogens is 1. The summed E-state index contributed by atoms with van der Waals surface area (Å²) in [5.41, 5.74) is 1.58. The fourth-order valence-electron chi connectivity index (χ4n) is 3.53. The van der Waals surface area contributed by atoms with Crippen LogP contribution in [0.1, 0.15) is 63.8 Å². The van der Waals surface area contributed by atoms with Crippen molar-refractivity contribution in [1.29, 1.82) is 0 Å². The molecule has 0 aliphatic heterocycles. The number of nitrogens with one attached hydrogen (secondary N) is 1. The molecule has 0 aliphatic rings. The number of hydrogen-bond donors (Lipinski definition) is 1. The topological polar surface area (TPSA) is 72.7 Å². The van der Waals surface area contributed by atoms with Crippen molar-refractivity contribution in [3.05, 3.63) is 62.6 Å². The number of rotatable bonds is 7. The van der Waals surface area contributed by atoms with Crippen LogP contribution >= 0.6 is 0 Å². The Kier molecular flexibility index (Phi) is 5.63. The van der Waals surface area contributed by atoms with Crippen molar-refractivity contribution in [3.63, 3.8) is 0 Å². The molecule has 0 fully saturated rings. The summed E-state index contributed by atoms with van der Waals surface area (Å²) in [6, 6.07) is 10.3. The molecular weight excluding hydrogens is 340 g/mol. The van der Waals surface area contributed by atoms with Crippen molar-refractivity contribution in [1.82, 2.24) is 19.1 Å². The highest BCUT2D eigenvalue weighted by atomic mass is 16.2. The summed E-state index contributed by atoms with van der Waals surface area (Å²) in [6.45, 7) is 9.20. The molecule has 0 radical (unpaired) electrons. The smallest absolute Gasteiger partial charge is 0.332 e. The monoisotopic (exact) mass is 368 g/mol. The molecule has 0 saturated heterocycles. The average molecular weight is 368 g/mol. The van der Waals surface area contributed by atoms with Crippen LogP contribution < -0.4 is 11.2 Å². The standard InChI is InChI=1S/C21H28N4O2/c1-5-12-24-19-17(20(26)25(13-6-2)21(24)27)22-18(23-19)15(4)14(3)16-10-8-7-9-11-16/h7-11,14-15H,5-6,12-13H2,1-4H3,(H,22,23). The van der Waals surface area contributed by atoms with E-state index in [-0.39, 0.29) is 23.1 Å². The van der Waals surface area contributed by atoms with Crippen molar-refractivity contribution in [3.8, 4) is 0 Å². The van der Waals surface area contributed by atoms with Gasteiger partial charge in [0.2, 0.25) is 0 Å². The minimum atomic E-state index is -0.275. The third kappa shape index (κ3) is 3.48. The van der Waals surface area contributed by atoms with E-state index in [9.17, 15) is 9.59 Å². The predicted octanol–water partition coefficient (Wildman–Crippen LogP) is 3.61. The van der Waals surface area contributed by atoms with E-state index in [2.05, 4.69) is 31.0 Å². The van der Waals surface area contributed by atoms with Gasteiger partial charge in [-0.1, -0.05) is 58.0 Å². The Morgan fingerprint density at radius 1 is 0.963 bits per heavy atom. The molecule has 2 heterocycles. The van der Waals surface area contributed by atoms with Crippen LogP contribution in [0.15, 0.2) is 39.9 Å². The van der Waals surface area contributed by atoms with Gasteiger partial charge in [-0.2, -0.15) is 0 Å². The maximum Gasteiger partial charge on any atom is 0.332 e. The van der Waals surface area contributed by atoms with E-state index in [1.165, 1.54) is 10.1 Å². The summed E-state index contributed by atoms with van der Waals surface area (Å²) in [6.07, 6.45) is 1.53. The third-order valence-corrected chi connectivity index (χ3v) is 5.28. The van der Waals surface area contributed by atoms with E-state index in [4.69, 9.17) is 4.98 Å². The van der Waals surface area contributed by atoms with E-state index in [0.717, 1.165) is 18.7 Å². The molecule has 2 unspecified atom stereocenters. The Hall–Kier alpha value is -2.63. The fraction of sp³-hybridized carbons (Fsp3) is 0.476. The first-order valence-electron chi connectivity index (χ1n) is 9.77. The van der Waals surface area contributed by atoms with Crippen LogP contribution in [0.2, 0.25) is 0 Å². The van der Waals surface area contributed by atoms with Crippen molar-refractivity contribution in [2.24, 2.45) is 0 Å². The number of aryl methyl sites for hydroxylation is 1. The molecule has 0 aliphatic carbocycles. The van der Waals surface area contributed by atoms with Gasteiger partial charge < -0.3 is 4.98 Å². The summed E-state index contributed by atoms with van der Waals surface area (Å²) in [4.78, 5) is 33.6. The molecule has 0 bridgehead atoms. The first-order valence-corrected chi connectivity index (χ1v) is 9.77. The number of benzene rings is 1. The van der Waals surface area contributed by atoms with Crippen LogP contribution in [0.4, 0.5) is 0 Å². The Labute approximate surface area is 158 Å². The van der Waals surface area contributed by atoms with Crippen molar-refractivity contribution >= 4 is 11.2 Å². The largest absolute Gasteiger partial charge is 0.336 e. The summed E-state index contributed by atoms with van der Waals surface area (Å²) >= 11 is 0.